The fourth-order valence-corrected chi connectivity index (χ4v) is 1.81. The SMILES string of the molecule is CCCc1nc(NC)cc(NCc2cnn(C)c2)n1. The van der Waals surface area contributed by atoms with E-state index in [2.05, 4.69) is 32.6 Å². The van der Waals surface area contributed by atoms with Crippen LogP contribution in [-0.2, 0) is 20.0 Å². The van der Waals surface area contributed by atoms with Gasteiger partial charge in [-0.15, -0.1) is 0 Å². The van der Waals surface area contributed by atoms with Crippen molar-refractivity contribution in [3.05, 3.63) is 29.8 Å². The van der Waals surface area contributed by atoms with Crippen LogP contribution in [0, 0.1) is 0 Å². The van der Waals surface area contributed by atoms with Crippen LogP contribution in [0.25, 0.3) is 0 Å². The predicted molar refractivity (Wildman–Crippen MR) is 76.1 cm³/mol. The number of hydrogen-bond donors (Lipinski definition) is 2. The molecule has 0 amide bonds. The fraction of sp³-hybridized carbons (Fsp3) is 0.462. The lowest BCUT2D eigenvalue weighted by Crippen LogP contribution is -2.06. The first kappa shape index (κ1) is 13.3. The van der Waals surface area contributed by atoms with Gasteiger partial charge in [0.25, 0.3) is 0 Å². The molecule has 2 aromatic heterocycles. The smallest absolute Gasteiger partial charge is 0.133 e. The van der Waals surface area contributed by atoms with Gasteiger partial charge in [0.2, 0.25) is 0 Å². The molecule has 0 spiro atoms. The quantitative estimate of drug-likeness (QED) is 0.829. The van der Waals surface area contributed by atoms with Crippen LogP contribution in [0.5, 0.6) is 0 Å². The topological polar surface area (TPSA) is 67.7 Å². The molecule has 2 heterocycles. The van der Waals surface area contributed by atoms with E-state index in [0.29, 0.717) is 6.54 Å². The van der Waals surface area contributed by atoms with Crippen LogP contribution < -0.4 is 10.6 Å². The molecule has 0 bridgehead atoms. The molecular weight excluding hydrogens is 240 g/mol. The van der Waals surface area contributed by atoms with Gasteiger partial charge in [-0.2, -0.15) is 5.10 Å². The third kappa shape index (κ3) is 3.67. The van der Waals surface area contributed by atoms with Crippen LogP contribution >= 0.6 is 0 Å². The first-order valence-electron chi connectivity index (χ1n) is 6.48. The third-order valence-corrected chi connectivity index (χ3v) is 2.73. The molecule has 102 valence electrons. The summed E-state index contributed by atoms with van der Waals surface area (Å²) in [6.45, 7) is 2.83. The van der Waals surface area contributed by atoms with Crippen LogP contribution in [0.2, 0.25) is 0 Å². The molecule has 0 atom stereocenters. The molecule has 0 aromatic carbocycles. The van der Waals surface area contributed by atoms with E-state index in [1.807, 2.05) is 32.6 Å². The Morgan fingerprint density at radius 3 is 2.68 bits per heavy atom. The van der Waals surface area contributed by atoms with Crippen molar-refractivity contribution in [2.24, 2.45) is 7.05 Å². The molecule has 6 heteroatoms. The Bertz CT molecular complexity index is 534. The average molecular weight is 260 g/mol. The summed E-state index contributed by atoms with van der Waals surface area (Å²) in [5.41, 5.74) is 1.13. The van der Waals surface area contributed by atoms with E-state index in [1.54, 1.807) is 4.68 Å². The van der Waals surface area contributed by atoms with Crippen LogP contribution in [0.4, 0.5) is 11.6 Å². The number of nitrogens with zero attached hydrogens (tertiary/aromatic N) is 4. The van der Waals surface area contributed by atoms with Crippen LogP contribution in [0.3, 0.4) is 0 Å². The number of aromatic nitrogens is 4. The molecule has 0 unspecified atom stereocenters. The Morgan fingerprint density at radius 1 is 1.26 bits per heavy atom. The van der Waals surface area contributed by atoms with Gasteiger partial charge in [-0.3, -0.25) is 4.68 Å². The highest BCUT2D eigenvalue weighted by Gasteiger charge is 2.04. The average Bonchev–Trinajstić information content (AvgIpc) is 2.82. The molecule has 2 N–H and O–H groups in total. The monoisotopic (exact) mass is 260 g/mol. The van der Waals surface area contributed by atoms with Crippen molar-refractivity contribution in [1.82, 2.24) is 19.7 Å². The fourth-order valence-electron chi connectivity index (χ4n) is 1.81. The van der Waals surface area contributed by atoms with Gasteiger partial charge in [0.05, 0.1) is 6.20 Å². The minimum Gasteiger partial charge on any atom is -0.373 e. The van der Waals surface area contributed by atoms with Crippen LogP contribution in [0.1, 0.15) is 24.7 Å². The summed E-state index contributed by atoms with van der Waals surface area (Å²) in [6, 6.07) is 1.91. The second-order valence-electron chi connectivity index (χ2n) is 4.43. The van der Waals surface area contributed by atoms with Gasteiger partial charge < -0.3 is 10.6 Å². The highest BCUT2D eigenvalue weighted by molar-refractivity contribution is 5.47. The molecule has 0 radical (unpaired) electrons. The zero-order valence-corrected chi connectivity index (χ0v) is 11.6. The summed E-state index contributed by atoms with van der Waals surface area (Å²) in [7, 11) is 3.77. The third-order valence-electron chi connectivity index (χ3n) is 2.73. The van der Waals surface area contributed by atoms with Crippen LogP contribution in [-0.4, -0.2) is 26.8 Å². The molecule has 19 heavy (non-hydrogen) atoms. The first-order chi connectivity index (χ1) is 9.21. The number of aryl methyl sites for hydroxylation is 2. The maximum Gasteiger partial charge on any atom is 0.133 e. The summed E-state index contributed by atoms with van der Waals surface area (Å²) < 4.78 is 1.79. The van der Waals surface area contributed by atoms with E-state index in [0.717, 1.165) is 35.9 Å². The van der Waals surface area contributed by atoms with E-state index < -0.39 is 0 Å². The zero-order chi connectivity index (χ0) is 13.7. The lowest BCUT2D eigenvalue weighted by molar-refractivity contribution is 0.767. The molecule has 6 nitrogen and oxygen atoms in total. The van der Waals surface area contributed by atoms with Gasteiger partial charge in [-0.05, 0) is 6.42 Å². The molecule has 0 saturated carbocycles. The Balaban J connectivity index is 2.08. The summed E-state index contributed by atoms with van der Waals surface area (Å²) in [6.07, 6.45) is 5.76. The predicted octanol–water partition coefficient (Wildman–Crippen LogP) is 1.82. The molecule has 0 fully saturated rings. The standard InChI is InChI=1S/C13H20N6/c1-4-5-11-17-12(14-2)6-13(18-11)15-7-10-8-16-19(3)9-10/h6,8-9H,4-5,7H2,1-3H3,(H2,14,15,17,18). The lowest BCUT2D eigenvalue weighted by atomic mass is 10.3. The van der Waals surface area contributed by atoms with Crippen molar-refractivity contribution in [2.75, 3.05) is 17.7 Å². The van der Waals surface area contributed by atoms with E-state index in [9.17, 15) is 0 Å². The second-order valence-corrected chi connectivity index (χ2v) is 4.43. The van der Waals surface area contributed by atoms with Gasteiger partial charge in [-0.1, -0.05) is 6.92 Å². The van der Waals surface area contributed by atoms with E-state index in [-0.39, 0.29) is 0 Å². The van der Waals surface area contributed by atoms with Crippen molar-refractivity contribution in [3.63, 3.8) is 0 Å². The molecule has 2 aromatic rings. The number of nitrogens with one attached hydrogen (secondary N) is 2. The Kier molecular flexibility index (Phi) is 4.33. The van der Waals surface area contributed by atoms with Gasteiger partial charge >= 0.3 is 0 Å². The summed E-state index contributed by atoms with van der Waals surface area (Å²) >= 11 is 0. The largest absolute Gasteiger partial charge is 0.373 e. The molecule has 0 aliphatic heterocycles. The van der Waals surface area contributed by atoms with Crippen molar-refractivity contribution in [2.45, 2.75) is 26.3 Å². The van der Waals surface area contributed by atoms with Crippen molar-refractivity contribution >= 4 is 11.6 Å². The number of hydrogen-bond acceptors (Lipinski definition) is 5. The highest BCUT2D eigenvalue weighted by Crippen LogP contribution is 2.13. The minimum absolute atomic E-state index is 0.708. The number of anilines is 2. The summed E-state index contributed by atoms with van der Waals surface area (Å²) in [4.78, 5) is 8.93. The van der Waals surface area contributed by atoms with Gasteiger partial charge in [0.15, 0.2) is 0 Å². The summed E-state index contributed by atoms with van der Waals surface area (Å²) in [5.74, 6) is 2.54. The molecule has 2 rings (SSSR count). The van der Waals surface area contributed by atoms with Gasteiger partial charge in [-0.25, -0.2) is 9.97 Å². The van der Waals surface area contributed by atoms with E-state index in [1.165, 1.54) is 0 Å². The Labute approximate surface area is 113 Å². The zero-order valence-electron chi connectivity index (χ0n) is 11.6. The van der Waals surface area contributed by atoms with E-state index >= 15 is 0 Å². The second kappa shape index (κ2) is 6.17. The van der Waals surface area contributed by atoms with Crippen LogP contribution in [0.15, 0.2) is 18.5 Å². The minimum atomic E-state index is 0.708. The lowest BCUT2D eigenvalue weighted by Gasteiger charge is -2.08. The van der Waals surface area contributed by atoms with Crippen molar-refractivity contribution in [3.8, 4) is 0 Å². The maximum absolute atomic E-state index is 4.50. The van der Waals surface area contributed by atoms with Gasteiger partial charge in [0.1, 0.15) is 17.5 Å². The summed E-state index contributed by atoms with van der Waals surface area (Å²) in [5, 5.41) is 10.5. The number of rotatable bonds is 6. The molecule has 0 aliphatic rings. The normalized spacial score (nSPS) is 10.5. The van der Waals surface area contributed by atoms with Crippen molar-refractivity contribution in [1.29, 1.82) is 0 Å². The Hall–Kier alpha value is -2.11. The Morgan fingerprint density at radius 2 is 2.05 bits per heavy atom. The maximum atomic E-state index is 4.50. The first-order valence-corrected chi connectivity index (χ1v) is 6.48. The van der Waals surface area contributed by atoms with Gasteiger partial charge in [0, 0.05) is 44.9 Å². The molecule has 0 saturated heterocycles. The van der Waals surface area contributed by atoms with E-state index in [4.69, 9.17) is 0 Å². The highest BCUT2D eigenvalue weighted by atomic mass is 15.2. The van der Waals surface area contributed by atoms with Crippen molar-refractivity contribution < 1.29 is 0 Å². The molecular formula is C13H20N6. The molecule has 0 aliphatic carbocycles.